The van der Waals surface area contributed by atoms with Gasteiger partial charge in [-0.3, -0.25) is 4.79 Å². The maximum absolute atomic E-state index is 11.6. The number of likely N-dealkylation sites (N-methyl/N-ethyl adjacent to an activating group) is 1. The molecule has 0 saturated carbocycles. The fourth-order valence-electron chi connectivity index (χ4n) is 1.86. The minimum absolute atomic E-state index is 0.0143. The zero-order valence-electron chi connectivity index (χ0n) is 12.9. The second kappa shape index (κ2) is 8.35. The van der Waals surface area contributed by atoms with Gasteiger partial charge in [0, 0.05) is 31.9 Å². The van der Waals surface area contributed by atoms with Crippen LogP contribution in [-0.4, -0.2) is 42.6 Å². The van der Waals surface area contributed by atoms with Crippen molar-refractivity contribution in [3.63, 3.8) is 0 Å². The van der Waals surface area contributed by atoms with Gasteiger partial charge in [0.05, 0.1) is 6.54 Å². The number of carbonyl (C=O) groups is 1. The van der Waals surface area contributed by atoms with Crippen LogP contribution in [0.5, 0.6) is 0 Å². The molecule has 0 radical (unpaired) electrons. The lowest BCUT2D eigenvalue weighted by Gasteiger charge is -2.24. The van der Waals surface area contributed by atoms with E-state index in [4.69, 9.17) is 0 Å². The third-order valence-electron chi connectivity index (χ3n) is 2.88. The summed E-state index contributed by atoms with van der Waals surface area (Å²) >= 11 is 0. The van der Waals surface area contributed by atoms with Crippen LogP contribution in [0.1, 0.15) is 32.3 Å². The molecule has 0 saturated heterocycles. The van der Waals surface area contributed by atoms with Gasteiger partial charge < -0.3 is 15.5 Å². The minimum Gasteiger partial charge on any atom is -0.358 e. The Kier molecular flexibility index (Phi) is 6.76. The largest absolute Gasteiger partial charge is 0.358 e. The molecule has 0 spiro atoms. The fraction of sp³-hybridized carbons (Fsp3) is 0.643. The van der Waals surface area contributed by atoms with Gasteiger partial charge in [-0.1, -0.05) is 13.8 Å². The number of aryl methyl sites for hydroxylation is 1. The Balaban J connectivity index is 2.95. The molecule has 20 heavy (non-hydrogen) atoms. The number of nitrogens with one attached hydrogen (secondary N) is 2. The van der Waals surface area contributed by atoms with E-state index in [9.17, 15) is 4.79 Å². The first kappa shape index (κ1) is 16.2. The van der Waals surface area contributed by atoms with Crippen molar-refractivity contribution in [2.75, 3.05) is 36.9 Å². The van der Waals surface area contributed by atoms with E-state index in [2.05, 4.69) is 34.4 Å². The smallest absolute Gasteiger partial charge is 0.239 e. The molecule has 1 aromatic heterocycles. The predicted molar refractivity (Wildman–Crippen MR) is 82.1 cm³/mol. The quantitative estimate of drug-likeness (QED) is 0.756. The Bertz CT molecular complexity index is 436. The van der Waals surface area contributed by atoms with Gasteiger partial charge in [-0.2, -0.15) is 4.98 Å². The van der Waals surface area contributed by atoms with Crippen molar-refractivity contribution in [2.24, 2.45) is 0 Å². The number of nitrogens with zero attached hydrogens (tertiary/aromatic N) is 3. The van der Waals surface area contributed by atoms with Crippen LogP contribution in [0, 0.1) is 6.92 Å². The molecule has 0 aliphatic heterocycles. The Labute approximate surface area is 121 Å². The molecule has 6 heteroatoms. The summed E-state index contributed by atoms with van der Waals surface area (Å²) in [5, 5.41) is 5.83. The molecule has 0 bridgehead atoms. The highest BCUT2D eigenvalue weighted by molar-refractivity contribution is 5.81. The van der Waals surface area contributed by atoms with Gasteiger partial charge in [0.25, 0.3) is 0 Å². The topological polar surface area (TPSA) is 70.2 Å². The van der Waals surface area contributed by atoms with Crippen LogP contribution in [0.3, 0.4) is 0 Å². The highest BCUT2D eigenvalue weighted by Gasteiger charge is 2.14. The van der Waals surface area contributed by atoms with Crippen LogP contribution in [0.2, 0.25) is 0 Å². The average molecular weight is 279 g/mol. The summed E-state index contributed by atoms with van der Waals surface area (Å²) in [5.74, 6) is 1.43. The lowest BCUT2D eigenvalue weighted by atomic mass is 10.3. The first-order valence-electron chi connectivity index (χ1n) is 7.15. The number of hydrogen-bond donors (Lipinski definition) is 2. The van der Waals surface area contributed by atoms with Crippen molar-refractivity contribution in [1.29, 1.82) is 0 Å². The molecule has 1 rings (SSSR count). The maximum Gasteiger partial charge on any atom is 0.239 e. The van der Waals surface area contributed by atoms with Crippen molar-refractivity contribution >= 4 is 17.7 Å². The minimum atomic E-state index is -0.0143. The van der Waals surface area contributed by atoms with Crippen molar-refractivity contribution < 1.29 is 4.79 Å². The summed E-state index contributed by atoms with van der Waals surface area (Å²) in [6, 6.07) is 0. The molecule has 0 aromatic carbocycles. The molecular weight excluding hydrogens is 254 g/mol. The molecule has 112 valence electrons. The Morgan fingerprint density at radius 1 is 1.35 bits per heavy atom. The predicted octanol–water partition coefficient (Wildman–Crippen LogP) is 1.57. The lowest BCUT2D eigenvalue weighted by molar-refractivity contribution is -0.119. The zero-order chi connectivity index (χ0) is 15.0. The van der Waals surface area contributed by atoms with Crippen molar-refractivity contribution in [2.45, 2.75) is 33.6 Å². The SMILES string of the molecule is CCCNc1ncc(C)c(N(CCC)CC(=O)NC)n1. The van der Waals surface area contributed by atoms with Crippen LogP contribution in [-0.2, 0) is 4.79 Å². The molecule has 6 nitrogen and oxygen atoms in total. The van der Waals surface area contributed by atoms with E-state index in [1.165, 1.54) is 0 Å². The van der Waals surface area contributed by atoms with Crippen molar-refractivity contribution in [1.82, 2.24) is 15.3 Å². The first-order chi connectivity index (χ1) is 9.62. The number of rotatable bonds is 8. The normalized spacial score (nSPS) is 10.2. The van der Waals surface area contributed by atoms with E-state index >= 15 is 0 Å². The second-order valence-electron chi connectivity index (χ2n) is 4.72. The average Bonchev–Trinajstić information content (AvgIpc) is 2.45. The molecule has 0 atom stereocenters. The summed E-state index contributed by atoms with van der Waals surface area (Å²) in [7, 11) is 1.65. The molecule has 0 aliphatic rings. The van der Waals surface area contributed by atoms with E-state index in [1.54, 1.807) is 13.2 Å². The number of anilines is 2. The fourth-order valence-corrected chi connectivity index (χ4v) is 1.86. The van der Waals surface area contributed by atoms with Gasteiger partial charge >= 0.3 is 0 Å². The molecule has 0 aliphatic carbocycles. The van der Waals surface area contributed by atoms with Gasteiger partial charge in [-0.15, -0.1) is 0 Å². The van der Waals surface area contributed by atoms with Crippen LogP contribution >= 0.6 is 0 Å². The summed E-state index contributed by atoms with van der Waals surface area (Å²) in [5.41, 5.74) is 0.976. The van der Waals surface area contributed by atoms with Gasteiger partial charge in [-0.05, 0) is 19.8 Å². The standard InChI is InChI=1S/C14H25N5O/c1-5-7-16-14-17-9-11(3)13(18-14)19(8-6-2)10-12(20)15-4/h9H,5-8,10H2,1-4H3,(H,15,20)(H,16,17,18). The highest BCUT2D eigenvalue weighted by atomic mass is 16.1. The summed E-state index contributed by atoms with van der Waals surface area (Å²) in [6.45, 7) is 8.09. The summed E-state index contributed by atoms with van der Waals surface area (Å²) < 4.78 is 0. The van der Waals surface area contributed by atoms with Crippen molar-refractivity contribution in [3.8, 4) is 0 Å². The van der Waals surface area contributed by atoms with E-state index in [0.717, 1.165) is 37.3 Å². The number of hydrogen-bond acceptors (Lipinski definition) is 5. The third kappa shape index (κ3) is 4.68. The Hall–Kier alpha value is -1.85. The van der Waals surface area contributed by atoms with Crippen LogP contribution in [0.15, 0.2) is 6.20 Å². The monoisotopic (exact) mass is 279 g/mol. The van der Waals surface area contributed by atoms with Crippen LogP contribution in [0.25, 0.3) is 0 Å². The number of amides is 1. The Morgan fingerprint density at radius 2 is 2.10 bits per heavy atom. The van der Waals surface area contributed by atoms with Crippen LogP contribution in [0.4, 0.5) is 11.8 Å². The lowest BCUT2D eigenvalue weighted by Crippen LogP contribution is -2.37. The first-order valence-corrected chi connectivity index (χ1v) is 7.15. The van der Waals surface area contributed by atoms with E-state index in [-0.39, 0.29) is 5.91 Å². The molecule has 1 aromatic rings. The molecule has 1 amide bonds. The Morgan fingerprint density at radius 3 is 2.70 bits per heavy atom. The third-order valence-corrected chi connectivity index (χ3v) is 2.88. The van der Waals surface area contributed by atoms with Crippen molar-refractivity contribution in [3.05, 3.63) is 11.8 Å². The van der Waals surface area contributed by atoms with E-state index in [1.807, 2.05) is 11.8 Å². The summed E-state index contributed by atoms with van der Waals surface area (Å²) in [4.78, 5) is 22.4. The molecule has 2 N–H and O–H groups in total. The highest BCUT2D eigenvalue weighted by Crippen LogP contribution is 2.18. The molecule has 1 heterocycles. The zero-order valence-corrected chi connectivity index (χ0v) is 12.9. The van der Waals surface area contributed by atoms with Gasteiger partial charge in [0.15, 0.2) is 0 Å². The van der Waals surface area contributed by atoms with Gasteiger partial charge in [0.2, 0.25) is 11.9 Å². The second-order valence-corrected chi connectivity index (χ2v) is 4.72. The van der Waals surface area contributed by atoms with E-state index in [0.29, 0.717) is 12.5 Å². The molecular formula is C14H25N5O. The van der Waals surface area contributed by atoms with Gasteiger partial charge in [-0.25, -0.2) is 4.98 Å². The number of aromatic nitrogens is 2. The summed E-state index contributed by atoms with van der Waals surface area (Å²) in [6.07, 6.45) is 3.77. The number of carbonyl (C=O) groups excluding carboxylic acids is 1. The molecule has 0 unspecified atom stereocenters. The maximum atomic E-state index is 11.6. The molecule has 0 fully saturated rings. The van der Waals surface area contributed by atoms with Gasteiger partial charge in [0.1, 0.15) is 5.82 Å². The van der Waals surface area contributed by atoms with E-state index < -0.39 is 0 Å². The van der Waals surface area contributed by atoms with Crippen LogP contribution < -0.4 is 15.5 Å².